The van der Waals surface area contributed by atoms with Gasteiger partial charge in [-0.15, -0.1) is 0 Å². The molecule has 0 saturated heterocycles. The maximum atomic E-state index is 12.5. The average molecular weight is 305 g/mol. The van der Waals surface area contributed by atoms with E-state index in [4.69, 9.17) is 5.73 Å². The van der Waals surface area contributed by atoms with Gasteiger partial charge in [-0.05, 0) is 42.8 Å². The fourth-order valence-electron chi connectivity index (χ4n) is 1.98. The summed E-state index contributed by atoms with van der Waals surface area (Å²) in [5.41, 5.74) is 8.22. The number of hydrogen-bond acceptors (Lipinski definition) is 4. The smallest absolute Gasteiger partial charge is 0.262 e. The summed E-state index contributed by atoms with van der Waals surface area (Å²) in [6, 6.07) is 12.1. The molecule has 2 rings (SSSR count). The fourth-order valence-corrected chi connectivity index (χ4v) is 3.31. The molecular formula is C15H19N3O2S. The van der Waals surface area contributed by atoms with Crippen LogP contribution in [0.4, 0.5) is 17.1 Å². The van der Waals surface area contributed by atoms with Crippen LogP contribution in [0.25, 0.3) is 0 Å². The molecule has 0 spiro atoms. The fraction of sp³-hybridized carbons (Fsp3) is 0.200. The van der Waals surface area contributed by atoms with Crippen molar-refractivity contribution in [2.75, 3.05) is 29.5 Å². The molecule has 6 heteroatoms. The second-order valence-electron chi connectivity index (χ2n) is 5.02. The first-order valence-corrected chi connectivity index (χ1v) is 7.95. The molecule has 3 N–H and O–H groups in total. The molecule has 0 heterocycles. The lowest BCUT2D eigenvalue weighted by Gasteiger charge is -2.15. The van der Waals surface area contributed by atoms with Crippen LogP contribution in [-0.4, -0.2) is 22.5 Å². The Morgan fingerprint density at radius 3 is 2.43 bits per heavy atom. The largest absolute Gasteiger partial charge is 0.398 e. The van der Waals surface area contributed by atoms with E-state index in [0.717, 1.165) is 5.69 Å². The number of anilines is 3. The van der Waals surface area contributed by atoms with Crippen molar-refractivity contribution in [1.82, 2.24) is 0 Å². The van der Waals surface area contributed by atoms with Crippen LogP contribution >= 0.6 is 0 Å². The van der Waals surface area contributed by atoms with E-state index in [1.165, 1.54) is 0 Å². The number of nitrogens with one attached hydrogen (secondary N) is 1. The number of hydrogen-bond donors (Lipinski definition) is 2. The highest BCUT2D eigenvalue weighted by Gasteiger charge is 2.18. The van der Waals surface area contributed by atoms with Gasteiger partial charge in [0.2, 0.25) is 0 Å². The number of nitrogen functional groups attached to an aromatic ring is 1. The van der Waals surface area contributed by atoms with E-state index < -0.39 is 10.0 Å². The minimum absolute atomic E-state index is 0.192. The van der Waals surface area contributed by atoms with Crippen molar-refractivity contribution in [2.45, 2.75) is 11.8 Å². The van der Waals surface area contributed by atoms with Crippen LogP contribution < -0.4 is 15.4 Å². The lowest BCUT2D eigenvalue weighted by molar-refractivity contribution is 0.600. The second kappa shape index (κ2) is 5.65. The molecule has 0 aliphatic carbocycles. The van der Waals surface area contributed by atoms with Crippen LogP contribution in [0.2, 0.25) is 0 Å². The highest BCUT2D eigenvalue weighted by molar-refractivity contribution is 7.92. The van der Waals surface area contributed by atoms with E-state index >= 15 is 0 Å². The maximum Gasteiger partial charge on any atom is 0.262 e. The number of rotatable bonds is 4. The standard InChI is InChI=1S/C15H19N3O2S/c1-11-14(16)8-5-9-15(11)21(19,20)17-12-6-4-7-13(10-12)18(2)3/h4-10,17H,16H2,1-3H3. The van der Waals surface area contributed by atoms with Crippen molar-refractivity contribution in [1.29, 1.82) is 0 Å². The van der Waals surface area contributed by atoms with Crippen LogP contribution in [0.3, 0.4) is 0 Å². The van der Waals surface area contributed by atoms with Crippen LogP contribution in [0.5, 0.6) is 0 Å². The summed E-state index contributed by atoms with van der Waals surface area (Å²) in [6.07, 6.45) is 0. The van der Waals surface area contributed by atoms with Gasteiger partial charge in [0.1, 0.15) is 0 Å². The van der Waals surface area contributed by atoms with Gasteiger partial charge < -0.3 is 10.6 Å². The molecule has 0 bridgehead atoms. The number of nitrogens with zero attached hydrogens (tertiary/aromatic N) is 1. The van der Waals surface area contributed by atoms with E-state index in [-0.39, 0.29) is 4.90 Å². The summed E-state index contributed by atoms with van der Waals surface area (Å²) in [5, 5.41) is 0. The number of nitrogens with two attached hydrogens (primary N) is 1. The van der Waals surface area contributed by atoms with Gasteiger partial charge in [-0.3, -0.25) is 4.72 Å². The zero-order valence-electron chi connectivity index (χ0n) is 12.3. The Hall–Kier alpha value is -2.21. The first kappa shape index (κ1) is 15.2. The number of sulfonamides is 1. The number of benzene rings is 2. The highest BCUT2D eigenvalue weighted by atomic mass is 32.2. The third kappa shape index (κ3) is 3.28. The third-order valence-corrected chi connectivity index (χ3v) is 4.76. The van der Waals surface area contributed by atoms with Gasteiger partial charge in [-0.1, -0.05) is 12.1 Å². The zero-order valence-corrected chi connectivity index (χ0v) is 13.1. The highest BCUT2D eigenvalue weighted by Crippen LogP contribution is 2.24. The Bertz CT molecular complexity index is 755. The lowest BCUT2D eigenvalue weighted by atomic mass is 10.2. The minimum Gasteiger partial charge on any atom is -0.398 e. The molecule has 0 aromatic heterocycles. The molecule has 5 nitrogen and oxygen atoms in total. The van der Waals surface area contributed by atoms with Gasteiger partial charge in [0, 0.05) is 25.5 Å². The molecule has 0 aliphatic heterocycles. The molecular weight excluding hydrogens is 286 g/mol. The van der Waals surface area contributed by atoms with E-state index in [0.29, 0.717) is 16.9 Å². The van der Waals surface area contributed by atoms with E-state index in [1.807, 2.05) is 25.1 Å². The zero-order chi connectivity index (χ0) is 15.6. The summed E-state index contributed by atoms with van der Waals surface area (Å²) in [6.45, 7) is 1.69. The van der Waals surface area contributed by atoms with Crippen LogP contribution in [0.15, 0.2) is 47.4 Å². The lowest BCUT2D eigenvalue weighted by Crippen LogP contribution is -2.15. The van der Waals surface area contributed by atoms with Gasteiger partial charge in [0.15, 0.2) is 0 Å². The van der Waals surface area contributed by atoms with Crippen LogP contribution in [0, 0.1) is 6.92 Å². The van der Waals surface area contributed by atoms with Crippen molar-refractivity contribution >= 4 is 27.1 Å². The summed E-state index contributed by atoms with van der Waals surface area (Å²) in [4.78, 5) is 2.10. The molecule has 0 saturated carbocycles. The Labute approximate surface area is 125 Å². The second-order valence-corrected chi connectivity index (χ2v) is 6.67. The molecule has 2 aromatic carbocycles. The molecule has 0 fully saturated rings. The maximum absolute atomic E-state index is 12.5. The summed E-state index contributed by atoms with van der Waals surface area (Å²) in [7, 11) is 0.139. The summed E-state index contributed by atoms with van der Waals surface area (Å²) in [5.74, 6) is 0. The summed E-state index contributed by atoms with van der Waals surface area (Å²) < 4.78 is 27.5. The molecule has 0 amide bonds. The average Bonchev–Trinajstić information content (AvgIpc) is 2.41. The van der Waals surface area contributed by atoms with Crippen molar-refractivity contribution in [3.05, 3.63) is 48.0 Å². The molecule has 0 unspecified atom stereocenters. The normalized spacial score (nSPS) is 11.2. The van der Waals surface area contributed by atoms with E-state index in [2.05, 4.69) is 4.72 Å². The first-order valence-electron chi connectivity index (χ1n) is 6.46. The van der Waals surface area contributed by atoms with Crippen LogP contribution in [-0.2, 0) is 10.0 Å². The van der Waals surface area contributed by atoms with Gasteiger partial charge in [-0.2, -0.15) is 0 Å². The van der Waals surface area contributed by atoms with Crippen molar-refractivity contribution < 1.29 is 8.42 Å². The topological polar surface area (TPSA) is 75.4 Å². The SMILES string of the molecule is Cc1c(N)cccc1S(=O)(=O)Nc1cccc(N(C)C)c1. The molecule has 2 aromatic rings. The minimum atomic E-state index is -3.66. The molecule has 21 heavy (non-hydrogen) atoms. The van der Waals surface area contributed by atoms with Crippen molar-refractivity contribution in [3.8, 4) is 0 Å². The van der Waals surface area contributed by atoms with Gasteiger partial charge in [0.05, 0.1) is 10.6 Å². The predicted octanol–water partition coefficient (Wildman–Crippen LogP) is 2.44. The molecule has 0 atom stereocenters. The monoisotopic (exact) mass is 305 g/mol. The molecule has 0 aliphatic rings. The van der Waals surface area contributed by atoms with Crippen molar-refractivity contribution in [2.24, 2.45) is 0 Å². The Kier molecular flexibility index (Phi) is 4.09. The van der Waals surface area contributed by atoms with Gasteiger partial charge in [-0.25, -0.2) is 8.42 Å². The van der Waals surface area contributed by atoms with Gasteiger partial charge in [0.25, 0.3) is 10.0 Å². The molecule has 0 radical (unpaired) electrons. The van der Waals surface area contributed by atoms with E-state index in [9.17, 15) is 8.42 Å². The van der Waals surface area contributed by atoms with E-state index in [1.54, 1.807) is 43.3 Å². The predicted molar refractivity (Wildman–Crippen MR) is 87.2 cm³/mol. The Morgan fingerprint density at radius 2 is 1.76 bits per heavy atom. The first-order chi connectivity index (χ1) is 9.81. The molecule has 112 valence electrons. The Balaban J connectivity index is 2.38. The van der Waals surface area contributed by atoms with Gasteiger partial charge >= 0.3 is 0 Å². The Morgan fingerprint density at radius 1 is 1.10 bits per heavy atom. The third-order valence-electron chi connectivity index (χ3n) is 3.23. The van der Waals surface area contributed by atoms with Crippen LogP contribution in [0.1, 0.15) is 5.56 Å². The summed E-state index contributed by atoms with van der Waals surface area (Å²) >= 11 is 0. The quantitative estimate of drug-likeness (QED) is 0.851. The van der Waals surface area contributed by atoms with Crippen molar-refractivity contribution in [3.63, 3.8) is 0 Å².